The Bertz CT molecular complexity index is 3280. The number of hydrogen-bond acceptors (Lipinski definition) is 2. The van der Waals surface area contributed by atoms with Gasteiger partial charge in [0.05, 0.1) is 11.1 Å². The lowest BCUT2D eigenvalue weighted by atomic mass is 9.79. The quantitative estimate of drug-likeness (QED) is 0.113. The van der Waals surface area contributed by atoms with Gasteiger partial charge in [0.1, 0.15) is 0 Å². The van der Waals surface area contributed by atoms with Crippen LogP contribution in [0.1, 0.15) is 62.8 Å². The topological polar surface area (TPSA) is 9.49 Å². The molecule has 0 saturated carbocycles. The first-order valence-corrected chi connectivity index (χ1v) is 24.6. The van der Waals surface area contributed by atoms with Crippen LogP contribution in [-0.4, -0.2) is 23.4 Å². The molecule has 3 nitrogen and oxygen atoms in total. The summed E-state index contributed by atoms with van der Waals surface area (Å²) in [5.41, 5.74) is 16.7. The molecule has 8 aromatic rings. The van der Waals surface area contributed by atoms with Crippen LogP contribution in [0, 0.1) is 0 Å². The molecule has 2 aliphatic heterocycles. The summed E-state index contributed by atoms with van der Waals surface area (Å²) < 4.78 is 2.61. The highest BCUT2D eigenvalue weighted by Crippen LogP contribution is 2.52. The zero-order valence-electron chi connectivity index (χ0n) is 39.9. The number of anilines is 3. The van der Waals surface area contributed by atoms with E-state index in [-0.39, 0.29) is 10.8 Å². The fourth-order valence-electron chi connectivity index (χ4n) is 11.6. The zero-order valence-corrected chi connectivity index (χ0v) is 39.9. The van der Waals surface area contributed by atoms with Crippen molar-refractivity contribution in [2.45, 2.75) is 64.2 Å². The summed E-state index contributed by atoms with van der Waals surface area (Å²) in [5.74, 6) is 0. The standard InChI is InChI=1S/C65H60N3/c1-64(2)59(66(45-43-47-21-9-5-10-22-47)57-39-35-49-25-17-19-31-55(49)61(57)64)41-37-51-33-34-52(63(51)68(53-27-13-7-14-28-53)54-29-15-8-16-30-54)38-42-60-65(3,4)62-56-32-20-18-26-50(56)36-40-58(62)67(60)46-44-48-23-11-6-12-24-48/h5-32,35-42H,33-34,43-46H2,1-4H3/q+1. The lowest BCUT2D eigenvalue weighted by Crippen LogP contribution is -2.28. The molecule has 0 atom stereocenters. The van der Waals surface area contributed by atoms with E-state index >= 15 is 0 Å². The number of nitrogens with zero attached hydrogens (tertiary/aromatic N) is 3. The Morgan fingerprint density at radius 2 is 1.06 bits per heavy atom. The fourth-order valence-corrected chi connectivity index (χ4v) is 11.6. The van der Waals surface area contributed by atoms with Crippen molar-refractivity contribution in [2.24, 2.45) is 0 Å². The van der Waals surface area contributed by atoms with Gasteiger partial charge in [0.15, 0.2) is 12.3 Å². The Hall–Kier alpha value is -7.49. The lowest BCUT2D eigenvalue weighted by Gasteiger charge is -2.29. The fraction of sp³-hybridized carbons (Fsp3) is 0.185. The largest absolute Gasteiger partial charge is 0.344 e. The molecule has 0 aromatic heterocycles. The first kappa shape index (κ1) is 43.1. The predicted molar refractivity (Wildman–Crippen MR) is 288 cm³/mol. The molecule has 8 aromatic carbocycles. The van der Waals surface area contributed by atoms with Crippen molar-refractivity contribution < 1.29 is 4.58 Å². The van der Waals surface area contributed by atoms with E-state index in [1.807, 2.05) is 0 Å². The van der Waals surface area contributed by atoms with Crippen molar-refractivity contribution in [1.29, 1.82) is 0 Å². The Morgan fingerprint density at radius 3 is 1.69 bits per heavy atom. The minimum absolute atomic E-state index is 0.221. The van der Waals surface area contributed by atoms with E-state index in [0.29, 0.717) is 0 Å². The molecular formula is C65H60N3+. The molecule has 2 heterocycles. The van der Waals surface area contributed by atoms with Gasteiger partial charge in [-0.15, -0.1) is 0 Å². The number of fused-ring (bicyclic) bond motifs is 6. The second-order valence-corrected chi connectivity index (χ2v) is 19.7. The summed E-state index contributed by atoms with van der Waals surface area (Å²) in [7, 11) is 0. The average molecular weight is 883 g/mol. The molecule has 0 unspecified atom stereocenters. The molecule has 0 bridgehead atoms. The molecule has 0 amide bonds. The van der Waals surface area contributed by atoms with E-state index < -0.39 is 0 Å². The van der Waals surface area contributed by atoms with Crippen LogP contribution in [-0.2, 0) is 23.7 Å². The smallest absolute Gasteiger partial charge is 0.210 e. The first-order valence-electron chi connectivity index (χ1n) is 24.6. The van der Waals surface area contributed by atoms with E-state index in [0.717, 1.165) is 50.1 Å². The van der Waals surface area contributed by atoms with Gasteiger partial charge in [-0.3, -0.25) is 0 Å². The Labute approximate surface area is 403 Å². The number of para-hydroxylation sites is 2. The van der Waals surface area contributed by atoms with Gasteiger partial charge < -0.3 is 9.80 Å². The molecular weight excluding hydrogens is 823 g/mol. The van der Waals surface area contributed by atoms with Gasteiger partial charge in [0, 0.05) is 58.8 Å². The van der Waals surface area contributed by atoms with Crippen LogP contribution >= 0.6 is 0 Å². The van der Waals surface area contributed by atoms with Gasteiger partial charge in [0.2, 0.25) is 5.69 Å². The van der Waals surface area contributed by atoms with Crippen LogP contribution in [0.5, 0.6) is 0 Å². The molecule has 334 valence electrons. The van der Waals surface area contributed by atoms with Gasteiger partial charge in [0.25, 0.3) is 0 Å². The molecule has 3 aliphatic rings. The molecule has 11 rings (SSSR count). The number of rotatable bonds is 12. The Kier molecular flexibility index (Phi) is 11.4. The van der Waals surface area contributed by atoms with E-state index in [1.54, 1.807) is 0 Å². The predicted octanol–water partition coefficient (Wildman–Crippen LogP) is 15.9. The zero-order chi connectivity index (χ0) is 46.2. The summed E-state index contributed by atoms with van der Waals surface area (Å²) in [6, 6.07) is 71.0. The highest BCUT2D eigenvalue weighted by atomic mass is 15.2. The molecule has 0 fully saturated rings. The molecule has 0 N–H and O–H groups in total. The second-order valence-electron chi connectivity index (χ2n) is 19.7. The number of hydrogen-bond donors (Lipinski definition) is 0. The second kappa shape index (κ2) is 18.0. The highest BCUT2D eigenvalue weighted by molar-refractivity contribution is 6.08. The Balaban J connectivity index is 1.07. The van der Waals surface area contributed by atoms with Crippen LogP contribution in [0.15, 0.2) is 241 Å². The summed E-state index contributed by atoms with van der Waals surface area (Å²) in [4.78, 5) is 5.12. The number of benzene rings is 8. The third-order valence-electron chi connectivity index (χ3n) is 14.9. The SMILES string of the molecule is CC1(C)C(/C=C/C2=C(N(c3ccccc3)c3ccccc3)C(=C/C=C3/N(CCc4ccccc4)c4ccc5ccccc5c4C3(C)C)/CC2)=[N+](CCc2ccccc2)c2ccc3ccccc3c21. The van der Waals surface area contributed by atoms with E-state index in [4.69, 9.17) is 0 Å². The van der Waals surface area contributed by atoms with Crippen LogP contribution in [0.25, 0.3) is 21.5 Å². The molecule has 0 spiro atoms. The summed E-state index contributed by atoms with van der Waals surface area (Å²) in [6.45, 7) is 11.5. The van der Waals surface area contributed by atoms with E-state index in [2.05, 4.69) is 260 Å². The van der Waals surface area contributed by atoms with Crippen LogP contribution < -0.4 is 9.80 Å². The van der Waals surface area contributed by atoms with Crippen molar-refractivity contribution in [3.63, 3.8) is 0 Å². The minimum Gasteiger partial charge on any atom is -0.344 e. The van der Waals surface area contributed by atoms with Crippen molar-refractivity contribution in [1.82, 2.24) is 0 Å². The van der Waals surface area contributed by atoms with Gasteiger partial charge >= 0.3 is 0 Å². The molecule has 3 heteroatoms. The Morgan fingerprint density at radius 1 is 0.515 bits per heavy atom. The maximum Gasteiger partial charge on any atom is 0.210 e. The van der Waals surface area contributed by atoms with E-state index in [1.165, 1.54) is 83.4 Å². The lowest BCUT2D eigenvalue weighted by molar-refractivity contribution is -0.436. The van der Waals surface area contributed by atoms with Crippen molar-refractivity contribution in [2.75, 3.05) is 22.9 Å². The van der Waals surface area contributed by atoms with Gasteiger partial charge in [-0.25, -0.2) is 0 Å². The maximum absolute atomic E-state index is 2.61. The van der Waals surface area contributed by atoms with Gasteiger partial charge in [-0.2, -0.15) is 4.58 Å². The van der Waals surface area contributed by atoms with Gasteiger partial charge in [-0.1, -0.05) is 178 Å². The molecule has 0 radical (unpaired) electrons. The highest BCUT2D eigenvalue weighted by Gasteiger charge is 2.46. The maximum atomic E-state index is 2.61. The van der Waals surface area contributed by atoms with Crippen molar-refractivity contribution >= 4 is 50.0 Å². The first-order chi connectivity index (χ1) is 33.3. The average Bonchev–Trinajstić information content (AvgIpc) is 3.95. The molecule has 0 saturated heterocycles. The third-order valence-corrected chi connectivity index (χ3v) is 14.9. The molecule has 68 heavy (non-hydrogen) atoms. The van der Waals surface area contributed by atoms with Gasteiger partial charge in [-0.05, 0) is 125 Å². The summed E-state index contributed by atoms with van der Waals surface area (Å²) >= 11 is 0. The third kappa shape index (κ3) is 7.80. The number of allylic oxidation sites excluding steroid dienone is 7. The summed E-state index contributed by atoms with van der Waals surface area (Å²) in [6.07, 6.45) is 13.7. The minimum atomic E-state index is -0.221. The van der Waals surface area contributed by atoms with Crippen LogP contribution in [0.2, 0.25) is 0 Å². The monoisotopic (exact) mass is 882 g/mol. The molecule has 1 aliphatic carbocycles. The summed E-state index contributed by atoms with van der Waals surface area (Å²) in [5, 5.41) is 5.26. The van der Waals surface area contributed by atoms with E-state index in [9.17, 15) is 0 Å². The normalized spacial score (nSPS) is 17.3. The van der Waals surface area contributed by atoms with Crippen molar-refractivity contribution in [3.05, 3.63) is 263 Å². The van der Waals surface area contributed by atoms with Crippen LogP contribution in [0.4, 0.5) is 22.7 Å². The van der Waals surface area contributed by atoms with Crippen LogP contribution in [0.3, 0.4) is 0 Å². The van der Waals surface area contributed by atoms with Crippen molar-refractivity contribution in [3.8, 4) is 0 Å².